The number of rotatable bonds is 5. The van der Waals surface area contributed by atoms with Crippen LogP contribution in [-0.2, 0) is 6.18 Å². The molecular formula is C23H22F3N7O2. The van der Waals surface area contributed by atoms with Gasteiger partial charge in [0.1, 0.15) is 5.82 Å². The number of hydrogen-bond acceptors (Lipinski definition) is 6. The van der Waals surface area contributed by atoms with E-state index in [9.17, 15) is 22.8 Å². The van der Waals surface area contributed by atoms with E-state index in [1.807, 2.05) is 0 Å². The zero-order chi connectivity index (χ0) is 25.0. The Hall–Kier alpha value is -4.22. The number of amides is 3. The van der Waals surface area contributed by atoms with Gasteiger partial charge in [-0.1, -0.05) is 6.07 Å². The van der Waals surface area contributed by atoms with Gasteiger partial charge >= 0.3 is 12.2 Å². The van der Waals surface area contributed by atoms with Gasteiger partial charge in [0.05, 0.1) is 0 Å². The number of benzene rings is 1. The predicted molar refractivity (Wildman–Crippen MR) is 123 cm³/mol. The lowest BCUT2D eigenvalue weighted by atomic mass is 10.2. The summed E-state index contributed by atoms with van der Waals surface area (Å²) in [5.41, 5.74) is 0.205. The van der Waals surface area contributed by atoms with Gasteiger partial charge in [-0.3, -0.25) is 9.78 Å². The SMILES string of the molecule is CNC(=O)c1cccc(NC(=O)NC2CCN(c3cc(C(F)(F)F)nc(-c4ccncc4)n3)C2)c1. The summed E-state index contributed by atoms with van der Waals surface area (Å²) in [4.78, 5) is 37.8. The highest BCUT2D eigenvalue weighted by Crippen LogP contribution is 2.32. The minimum absolute atomic E-state index is 0.0534. The van der Waals surface area contributed by atoms with E-state index in [1.54, 1.807) is 29.2 Å². The van der Waals surface area contributed by atoms with Crippen LogP contribution in [0.2, 0.25) is 0 Å². The van der Waals surface area contributed by atoms with Gasteiger partial charge in [0.25, 0.3) is 5.91 Å². The molecule has 9 nitrogen and oxygen atoms in total. The first-order chi connectivity index (χ1) is 16.7. The Morgan fingerprint density at radius 3 is 2.57 bits per heavy atom. The molecule has 0 saturated carbocycles. The van der Waals surface area contributed by atoms with Gasteiger partial charge in [-0.25, -0.2) is 14.8 Å². The van der Waals surface area contributed by atoms with Gasteiger partial charge in [-0.05, 0) is 36.8 Å². The molecule has 4 rings (SSSR count). The quantitative estimate of drug-likeness (QED) is 0.511. The molecule has 1 unspecified atom stereocenters. The highest BCUT2D eigenvalue weighted by atomic mass is 19.4. The summed E-state index contributed by atoms with van der Waals surface area (Å²) in [7, 11) is 1.51. The average Bonchev–Trinajstić information content (AvgIpc) is 3.31. The summed E-state index contributed by atoms with van der Waals surface area (Å²) in [5, 5.41) is 8.00. The number of urea groups is 1. The van der Waals surface area contributed by atoms with E-state index in [2.05, 4.69) is 30.9 Å². The molecule has 0 spiro atoms. The largest absolute Gasteiger partial charge is 0.433 e. The van der Waals surface area contributed by atoms with Crippen LogP contribution in [0.1, 0.15) is 22.5 Å². The van der Waals surface area contributed by atoms with Gasteiger partial charge < -0.3 is 20.9 Å². The highest BCUT2D eigenvalue weighted by Gasteiger charge is 2.35. The van der Waals surface area contributed by atoms with Crippen molar-refractivity contribution in [1.82, 2.24) is 25.6 Å². The Bertz CT molecular complexity index is 1220. The number of hydrogen-bond donors (Lipinski definition) is 3. The van der Waals surface area contributed by atoms with E-state index in [1.165, 1.54) is 31.6 Å². The summed E-state index contributed by atoms with van der Waals surface area (Å²) in [5.74, 6) is -0.209. The number of nitrogens with zero attached hydrogens (tertiary/aromatic N) is 4. The molecule has 182 valence electrons. The van der Waals surface area contributed by atoms with Gasteiger partial charge in [0.15, 0.2) is 11.5 Å². The number of alkyl halides is 3. The molecule has 3 amide bonds. The van der Waals surface area contributed by atoms with Crippen molar-refractivity contribution in [2.75, 3.05) is 30.4 Å². The van der Waals surface area contributed by atoms with Crippen LogP contribution in [0, 0.1) is 0 Å². The topological polar surface area (TPSA) is 112 Å². The van der Waals surface area contributed by atoms with E-state index in [4.69, 9.17) is 0 Å². The van der Waals surface area contributed by atoms with Crippen LogP contribution in [0.5, 0.6) is 0 Å². The highest BCUT2D eigenvalue weighted by molar-refractivity contribution is 5.96. The molecule has 35 heavy (non-hydrogen) atoms. The van der Waals surface area contributed by atoms with E-state index in [-0.39, 0.29) is 30.1 Å². The van der Waals surface area contributed by atoms with Crippen LogP contribution in [-0.4, -0.2) is 53.1 Å². The second kappa shape index (κ2) is 9.95. The third kappa shape index (κ3) is 5.83. The van der Waals surface area contributed by atoms with Crippen molar-refractivity contribution >= 4 is 23.4 Å². The molecule has 1 atom stereocenters. The number of halogens is 3. The molecule has 1 aliphatic heterocycles. The second-order valence-corrected chi connectivity index (χ2v) is 7.86. The zero-order valence-corrected chi connectivity index (χ0v) is 18.6. The molecule has 12 heteroatoms. The Kier molecular flexibility index (Phi) is 6.80. The molecular weight excluding hydrogens is 463 g/mol. The van der Waals surface area contributed by atoms with Crippen LogP contribution in [0.4, 0.5) is 29.5 Å². The Balaban J connectivity index is 1.45. The van der Waals surface area contributed by atoms with E-state index >= 15 is 0 Å². The lowest BCUT2D eigenvalue weighted by Gasteiger charge is -2.20. The number of anilines is 2. The van der Waals surface area contributed by atoms with Crippen molar-refractivity contribution in [2.24, 2.45) is 0 Å². The maximum atomic E-state index is 13.5. The lowest BCUT2D eigenvalue weighted by Crippen LogP contribution is -2.39. The minimum atomic E-state index is -4.64. The fourth-order valence-corrected chi connectivity index (χ4v) is 3.69. The Labute approximate surface area is 198 Å². The van der Waals surface area contributed by atoms with Gasteiger partial charge in [-0.15, -0.1) is 0 Å². The second-order valence-electron chi connectivity index (χ2n) is 7.86. The van der Waals surface area contributed by atoms with Gasteiger partial charge in [0.2, 0.25) is 0 Å². The molecule has 1 saturated heterocycles. The van der Waals surface area contributed by atoms with E-state index in [0.717, 1.165) is 6.07 Å². The molecule has 0 radical (unpaired) electrons. The average molecular weight is 485 g/mol. The van der Waals surface area contributed by atoms with Crippen LogP contribution in [0.15, 0.2) is 54.9 Å². The van der Waals surface area contributed by atoms with Crippen LogP contribution < -0.4 is 20.9 Å². The van der Waals surface area contributed by atoms with Crippen LogP contribution in [0.25, 0.3) is 11.4 Å². The normalized spacial score (nSPS) is 15.5. The van der Waals surface area contributed by atoms with E-state index in [0.29, 0.717) is 29.8 Å². The first-order valence-corrected chi connectivity index (χ1v) is 10.7. The minimum Gasteiger partial charge on any atom is -0.355 e. The number of pyridine rings is 1. The molecule has 0 aliphatic carbocycles. The van der Waals surface area contributed by atoms with Gasteiger partial charge in [0, 0.05) is 61.5 Å². The van der Waals surface area contributed by atoms with Crippen molar-refractivity contribution < 1.29 is 22.8 Å². The molecule has 0 bridgehead atoms. The van der Waals surface area contributed by atoms with Gasteiger partial charge in [-0.2, -0.15) is 13.2 Å². The van der Waals surface area contributed by atoms with Crippen molar-refractivity contribution in [3.63, 3.8) is 0 Å². The predicted octanol–water partition coefficient (Wildman–Crippen LogP) is 3.32. The van der Waals surface area contributed by atoms with Crippen LogP contribution >= 0.6 is 0 Å². The Morgan fingerprint density at radius 1 is 1.09 bits per heavy atom. The van der Waals surface area contributed by atoms with Crippen molar-refractivity contribution in [1.29, 1.82) is 0 Å². The smallest absolute Gasteiger partial charge is 0.355 e. The monoisotopic (exact) mass is 485 g/mol. The maximum Gasteiger partial charge on any atom is 0.433 e. The third-order valence-corrected chi connectivity index (χ3v) is 5.40. The molecule has 1 fully saturated rings. The summed E-state index contributed by atoms with van der Waals surface area (Å²) >= 11 is 0. The molecule has 3 N–H and O–H groups in total. The first-order valence-electron chi connectivity index (χ1n) is 10.7. The molecule has 3 heterocycles. The number of carbonyl (C=O) groups excluding carboxylic acids is 2. The first kappa shape index (κ1) is 23.9. The van der Waals surface area contributed by atoms with Crippen molar-refractivity contribution in [2.45, 2.75) is 18.6 Å². The van der Waals surface area contributed by atoms with Crippen LogP contribution in [0.3, 0.4) is 0 Å². The molecule has 1 aromatic carbocycles. The summed E-state index contributed by atoms with van der Waals surface area (Å²) in [6, 6.07) is 9.64. The molecule has 3 aromatic rings. The summed E-state index contributed by atoms with van der Waals surface area (Å²) in [6.07, 6.45) is -1.21. The van der Waals surface area contributed by atoms with E-state index < -0.39 is 17.9 Å². The standard InChI is InChI=1S/C23H22F3N7O2/c1-27-21(34)15-3-2-4-16(11-15)29-22(35)30-17-7-10-33(13-17)19-12-18(23(24,25)26)31-20(32-19)14-5-8-28-9-6-14/h2-6,8-9,11-12,17H,7,10,13H2,1H3,(H,27,34)(H2,29,30,35). The fourth-order valence-electron chi connectivity index (χ4n) is 3.69. The molecule has 1 aliphatic rings. The fraction of sp³-hybridized carbons (Fsp3) is 0.261. The lowest BCUT2D eigenvalue weighted by molar-refractivity contribution is -0.141. The maximum absolute atomic E-state index is 13.5. The number of carbonyl (C=O) groups is 2. The summed E-state index contributed by atoms with van der Waals surface area (Å²) < 4.78 is 40.5. The third-order valence-electron chi connectivity index (χ3n) is 5.40. The molecule has 2 aromatic heterocycles. The van der Waals surface area contributed by atoms with Crippen molar-refractivity contribution in [3.8, 4) is 11.4 Å². The zero-order valence-electron chi connectivity index (χ0n) is 18.6. The van der Waals surface area contributed by atoms with Crippen molar-refractivity contribution in [3.05, 3.63) is 66.1 Å². The Morgan fingerprint density at radius 2 is 1.86 bits per heavy atom. The summed E-state index contributed by atoms with van der Waals surface area (Å²) in [6.45, 7) is 0.678. The number of aromatic nitrogens is 3. The number of nitrogens with one attached hydrogen (secondary N) is 3.